The molecule has 0 aromatic heterocycles. The molecule has 2 aliphatic heterocycles. The van der Waals surface area contributed by atoms with Crippen LogP contribution in [0.5, 0.6) is 0 Å². The second-order valence-electron chi connectivity index (χ2n) is 6.61. The van der Waals surface area contributed by atoms with E-state index in [1.807, 2.05) is 26.0 Å². The number of hydrogen-bond acceptors (Lipinski definition) is 5. The predicted molar refractivity (Wildman–Crippen MR) is 97.8 cm³/mol. The van der Waals surface area contributed by atoms with Gasteiger partial charge in [0.2, 0.25) is 0 Å². The van der Waals surface area contributed by atoms with Gasteiger partial charge in [0, 0.05) is 5.02 Å². The summed E-state index contributed by atoms with van der Waals surface area (Å²) >= 11 is 5.90. The predicted octanol–water partition coefficient (Wildman–Crippen LogP) is 3.45. The molecular formula is C19H17ClN4O2. The van der Waals surface area contributed by atoms with Gasteiger partial charge in [-0.2, -0.15) is 5.11 Å². The summed E-state index contributed by atoms with van der Waals surface area (Å²) in [6, 6.07) is 11.3. The number of aryl methyl sites for hydroxylation is 2. The molecule has 7 heteroatoms. The average Bonchev–Trinajstić information content (AvgIpc) is 3.13. The maximum absolute atomic E-state index is 12.9. The molecule has 2 amide bonds. The van der Waals surface area contributed by atoms with E-state index in [9.17, 15) is 9.59 Å². The van der Waals surface area contributed by atoms with Crippen LogP contribution >= 0.6 is 11.6 Å². The Labute approximate surface area is 156 Å². The number of fused-ring (bicyclic) bond motifs is 1. The normalized spacial score (nSPS) is 21.7. The Bertz CT molecular complexity index is 926. The summed E-state index contributed by atoms with van der Waals surface area (Å²) in [4.78, 5) is 26.8. The Hall–Kier alpha value is -2.73. The van der Waals surface area contributed by atoms with Crippen molar-refractivity contribution in [2.75, 3.05) is 4.90 Å². The summed E-state index contributed by atoms with van der Waals surface area (Å²) in [7, 11) is 0. The third kappa shape index (κ3) is 2.66. The van der Waals surface area contributed by atoms with Crippen molar-refractivity contribution in [3.63, 3.8) is 0 Å². The molecule has 2 aromatic carbocycles. The third-order valence-electron chi connectivity index (χ3n) is 4.78. The molecule has 0 bridgehead atoms. The number of hydrogen-bond donors (Lipinski definition) is 0. The summed E-state index contributed by atoms with van der Waals surface area (Å²) in [5.41, 5.74) is 3.81. The maximum atomic E-state index is 12.9. The summed E-state index contributed by atoms with van der Waals surface area (Å²) in [6.07, 6.45) is 0. The second kappa shape index (κ2) is 6.21. The number of anilines is 1. The molecule has 0 N–H and O–H groups in total. The Kier molecular flexibility index (Phi) is 4.00. The van der Waals surface area contributed by atoms with E-state index in [0.717, 1.165) is 16.7 Å². The maximum Gasteiger partial charge on any atom is 0.263 e. The number of halogens is 1. The molecule has 0 unspecified atom stereocenters. The van der Waals surface area contributed by atoms with E-state index >= 15 is 0 Å². The molecule has 1 fully saturated rings. The molecule has 4 rings (SSSR count). The lowest BCUT2D eigenvalue weighted by molar-refractivity contribution is -0.123. The number of benzene rings is 2. The summed E-state index contributed by atoms with van der Waals surface area (Å²) in [5, 5.41) is 10.3. The van der Waals surface area contributed by atoms with Crippen molar-refractivity contribution in [2.24, 2.45) is 10.3 Å². The SMILES string of the molecule is Cc1ccc(C)c(CN2N=N[C@H]3C(=O)N(c4ccc(Cl)cc4)C(=O)[C@H]32)c1. The van der Waals surface area contributed by atoms with Crippen LogP contribution in [0.25, 0.3) is 0 Å². The first-order chi connectivity index (χ1) is 12.5. The van der Waals surface area contributed by atoms with Gasteiger partial charge in [0.25, 0.3) is 11.8 Å². The van der Waals surface area contributed by atoms with E-state index in [2.05, 4.69) is 16.4 Å². The lowest BCUT2D eigenvalue weighted by Gasteiger charge is -2.21. The molecule has 2 aromatic rings. The first-order valence-corrected chi connectivity index (χ1v) is 8.70. The Morgan fingerprint density at radius 3 is 2.50 bits per heavy atom. The van der Waals surface area contributed by atoms with Crippen LogP contribution in [-0.2, 0) is 16.1 Å². The summed E-state index contributed by atoms with van der Waals surface area (Å²) in [6.45, 7) is 4.47. The van der Waals surface area contributed by atoms with Gasteiger partial charge in [-0.15, -0.1) is 0 Å². The van der Waals surface area contributed by atoms with Crippen molar-refractivity contribution in [1.29, 1.82) is 0 Å². The minimum Gasteiger partial charge on any atom is -0.271 e. The van der Waals surface area contributed by atoms with Crippen LogP contribution in [0.3, 0.4) is 0 Å². The number of imide groups is 1. The van der Waals surface area contributed by atoms with Gasteiger partial charge in [0.05, 0.1) is 12.2 Å². The van der Waals surface area contributed by atoms with E-state index in [-0.39, 0.29) is 11.8 Å². The molecule has 1 saturated heterocycles. The number of carbonyl (C=O) groups excluding carboxylic acids is 2. The molecule has 6 nitrogen and oxygen atoms in total. The van der Waals surface area contributed by atoms with Gasteiger partial charge >= 0.3 is 0 Å². The molecule has 0 spiro atoms. The molecule has 0 saturated carbocycles. The highest BCUT2D eigenvalue weighted by Crippen LogP contribution is 2.33. The van der Waals surface area contributed by atoms with Crippen LogP contribution in [0.15, 0.2) is 52.8 Å². The first-order valence-electron chi connectivity index (χ1n) is 8.32. The minimum absolute atomic E-state index is 0.308. The Morgan fingerprint density at radius 1 is 1.04 bits per heavy atom. The number of nitrogens with zero attached hydrogens (tertiary/aromatic N) is 4. The van der Waals surface area contributed by atoms with Crippen LogP contribution in [0, 0.1) is 13.8 Å². The van der Waals surface area contributed by atoms with E-state index < -0.39 is 12.1 Å². The molecular weight excluding hydrogens is 352 g/mol. The van der Waals surface area contributed by atoms with E-state index in [4.69, 9.17) is 11.6 Å². The quantitative estimate of drug-likeness (QED) is 0.779. The molecule has 2 atom stereocenters. The highest BCUT2D eigenvalue weighted by atomic mass is 35.5. The smallest absolute Gasteiger partial charge is 0.263 e. The fraction of sp³-hybridized carbons (Fsp3) is 0.263. The van der Waals surface area contributed by atoms with Gasteiger partial charge in [-0.05, 0) is 49.2 Å². The average molecular weight is 369 g/mol. The fourth-order valence-electron chi connectivity index (χ4n) is 3.34. The van der Waals surface area contributed by atoms with Crippen LogP contribution < -0.4 is 4.90 Å². The second-order valence-corrected chi connectivity index (χ2v) is 7.05. The van der Waals surface area contributed by atoms with Gasteiger partial charge in [-0.3, -0.25) is 14.6 Å². The lowest BCUT2D eigenvalue weighted by Crippen LogP contribution is -2.39. The van der Waals surface area contributed by atoms with Gasteiger partial charge in [-0.1, -0.05) is 40.6 Å². The van der Waals surface area contributed by atoms with Crippen LogP contribution in [0.2, 0.25) is 5.02 Å². The molecule has 2 heterocycles. The van der Waals surface area contributed by atoms with Crippen molar-refractivity contribution < 1.29 is 9.59 Å². The monoisotopic (exact) mass is 368 g/mol. The number of rotatable bonds is 3. The van der Waals surface area contributed by atoms with Crippen molar-refractivity contribution >= 4 is 29.1 Å². The molecule has 2 aliphatic rings. The highest BCUT2D eigenvalue weighted by Gasteiger charge is 2.54. The van der Waals surface area contributed by atoms with Crippen LogP contribution in [-0.4, -0.2) is 28.9 Å². The van der Waals surface area contributed by atoms with Crippen molar-refractivity contribution in [3.8, 4) is 0 Å². The number of amides is 2. The van der Waals surface area contributed by atoms with Gasteiger partial charge in [0.1, 0.15) is 0 Å². The zero-order chi connectivity index (χ0) is 18.4. The molecule has 132 valence electrons. The van der Waals surface area contributed by atoms with Gasteiger partial charge in [0.15, 0.2) is 12.1 Å². The fourth-order valence-corrected chi connectivity index (χ4v) is 3.47. The zero-order valence-electron chi connectivity index (χ0n) is 14.4. The summed E-state index contributed by atoms with van der Waals surface area (Å²) < 4.78 is 0. The topological polar surface area (TPSA) is 65.3 Å². The van der Waals surface area contributed by atoms with E-state index in [1.165, 1.54) is 4.90 Å². The van der Waals surface area contributed by atoms with Crippen LogP contribution in [0.1, 0.15) is 16.7 Å². The first kappa shape index (κ1) is 16.7. The van der Waals surface area contributed by atoms with Gasteiger partial charge in [-0.25, -0.2) is 4.90 Å². The molecule has 0 aliphatic carbocycles. The molecule has 0 radical (unpaired) electrons. The summed E-state index contributed by atoms with van der Waals surface area (Å²) in [5.74, 6) is -0.660. The van der Waals surface area contributed by atoms with Crippen molar-refractivity contribution in [1.82, 2.24) is 5.01 Å². The van der Waals surface area contributed by atoms with E-state index in [1.54, 1.807) is 29.3 Å². The van der Waals surface area contributed by atoms with Crippen LogP contribution in [0.4, 0.5) is 5.69 Å². The largest absolute Gasteiger partial charge is 0.271 e. The zero-order valence-corrected chi connectivity index (χ0v) is 15.1. The Morgan fingerprint density at radius 2 is 1.77 bits per heavy atom. The molecule has 26 heavy (non-hydrogen) atoms. The van der Waals surface area contributed by atoms with E-state index in [0.29, 0.717) is 17.3 Å². The minimum atomic E-state index is -0.789. The highest BCUT2D eigenvalue weighted by molar-refractivity contribution is 6.31. The van der Waals surface area contributed by atoms with Gasteiger partial charge < -0.3 is 0 Å². The lowest BCUT2D eigenvalue weighted by atomic mass is 10.0. The Balaban J connectivity index is 1.62. The van der Waals surface area contributed by atoms with Crippen molar-refractivity contribution in [3.05, 3.63) is 64.2 Å². The number of carbonyl (C=O) groups is 2. The third-order valence-corrected chi connectivity index (χ3v) is 5.03. The standard InChI is InChI=1S/C19H17ClN4O2/c1-11-3-4-12(2)13(9-11)10-23-17-16(21-22-23)18(25)24(19(17)26)15-7-5-14(20)6-8-15/h3-9,16-17H,10H2,1-2H3/t16-,17+/m1/s1. The van der Waals surface area contributed by atoms with Crippen molar-refractivity contribution in [2.45, 2.75) is 32.5 Å².